The summed E-state index contributed by atoms with van der Waals surface area (Å²) in [4.78, 5) is 33.2. The smallest absolute Gasteiger partial charge is 0.439 e. The lowest BCUT2D eigenvalue weighted by Crippen LogP contribution is -2.44. The highest BCUT2D eigenvalue weighted by atomic mass is 16.5. The van der Waals surface area contributed by atoms with E-state index >= 15 is 0 Å². The van der Waals surface area contributed by atoms with Crippen molar-refractivity contribution in [2.45, 2.75) is 38.8 Å². The van der Waals surface area contributed by atoms with Gasteiger partial charge in [0.1, 0.15) is 17.9 Å². The minimum atomic E-state index is -0.642. The Morgan fingerprint density at radius 2 is 2.06 bits per heavy atom. The van der Waals surface area contributed by atoms with Crippen molar-refractivity contribution in [3.63, 3.8) is 0 Å². The number of rotatable bonds is 2. The van der Waals surface area contributed by atoms with Crippen molar-refractivity contribution in [2.24, 2.45) is 5.92 Å². The number of H-pyrrole nitrogens is 1. The average Bonchev–Trinajstić information content (AvgIpc) is 3.42. The molecule has 12 heteroatoms. The SMILES string of the molecule is CC1CN(c2nc(-c3noc(=O)[nH]3)nc3nc4n(c23)C[C@@H]2CCCC3=C2N4CCO3)CCO1. The van der Waals surface area contributed by atoms with E-state index in [2.05, 4.69) is 31.4 Å². The summed E-state index contributed by atoms with van der Waals surface area (Å²) in [5, 5.41) is 3.80. The highest BCUT2D eigenvalue weighted by molar-refractivity contribution is 5.88. The zero-order valence-corrected chi connectivity index (χ0v) is 18.3. The van der Waals surface area contributed by atoms with Crippen molar-refractivity contribution in [3.05, 3.63) is 22.0 Å². The number of aromatic nitrogens is 6. The molecular weight excluding hydrogens is 428 g/mol. The van der Waals surface area contributed by atoms with Gasteiger partial charge in [-0.3, -0.25) is 9.51 Å². The molecule has 3 aromatic heterocycles. The molecule has 1 unspecified atom stereocenters. The van der Waals surface area contributed by atoms with E-state index in [1.165, 1.54) is 5.70 Å². The second-order valence-corrected chi connectivity index (χ2v) is 9.03. The van der Waals surface area contributed by atoms with Crippen LogP contribution < -0.4 is 15.6 Å². The van der Waals surface area contributed by atoms with Crippen LogP contribution in [0.1, 0.15) is 26.2 Å². The first-order chi connectivity index (χ1) is 16.2. The first kappa shape index (κ1) is 19.1. The van der Waals surface area contributed by atoms with Crippen molar-refractivity contribution in [1.82, 2.24) is 29.7 Å². The molecule has 0 radical (unpaired) electrons. The van der Waals surface area contributed by atoms with E-state index in [1.54, 1.807) is 0 Å². The molecular formula is C21H24N8O4. The lowest BCUT2D eigenvalue weighted by atomic mass is 9.88. The summed E-state index contributed by atoms with van der Waals surface area (Å²) in [7, 11) is 0. The molecule has 12 nitrogen and oxygen atoms in total. The molecule has 2 atom stereocenters. The molecule has 3 aliphatic heterocycles. The Balaban J connectivity index is 1.46. The molecule has 172 valence electrons. The highest BCUT2D eigenvalue weighted by Gasteiger charge is 2.40. The summed E-state index contributed by atoms with van der Waals surface area (Å²) in [5.41, 5.74) is 2.78. The van der Waals surface area contributed by atoms with Crippen LogP contribution in [0.3, 0.4) is 0 Å². The molecule has 33 heavy (non-hydrogen) atoms. The van der Waals surface area contributed by atoms with Crippen LogP contribution in [0.2, 0.25) is 0 Å². The number of fused-ring (bicyclic) bond motifs is 4. The van der Waals surface area contributed by atoms with Crippen molar-refractivity contribution in [1.29, 1.82) is 0 Å². The fourth-order valence-corrected chi connectivity index (χ4v) is 5.55. The minimum Gasteiger partial charge on any atom is -0.494 e. The Morgan fingerprint density at radius 3 is 2.91 bits per heavy atom. The molecule has 6 heterocycles. The van der Waals surface area contributed by atoms with Crippen molar-refractivity contribution in [2.75, 3.05) is 42.6 Å². The number of nitrogens with one attached hydrogen (secondary N) is 1. The molecule has 1 saturated heterocycles. The lowest BCUT2D eigenvalue weighted by molar-refractivity contribution is 0.0530. The summed E-state index contributed by atoms with van der Waals surface area (Å²) in [5.74, 6) is 3.01. The van der Waals surface area contributed by atoms with Crippen LogP contribution in [0, 0.1) is 5.92 Å². The Bertz CT molecular complexity index is 1340. The van der Waals surface area contributed by atoms with Gasteiger partial charge in [0.25, 0.3) is 0 Å². The first-order valence-corrected chi connectivity index (χ1v) is 11.5. The van der Waals surface area contributed by atoms with Gasteiger partial charge in [0, 0.05) is 32.0 Å². The van der Waals surface area contributed by atoms with Crippen molar-refractivity contribution in [3.8, 4) is 11.6 Å². The topological polar surface area (TPSA) is 127 Å². The Kier molecular flexibility index (Phi) is 4.07. The fraction of sp³-hybridized carbons (Fsp3) is 0.571. The number of anilines is 2. The third-order valence-corrected chi connectivity index (χ3v) is 6.91. The molecule has 0 saturated carbocycles. The van der Waals surface area contributed by atoms with Crippen LogP contribution in [0.15, 0.2) is 20.8 Å². The van der Waals surface area contributed by atoms with Crippen LogP contribution in [-0.2, 0) is 16.0 Å². The first-order valence-electron chi connectivity index (χ1n) is 11.5. The number of nitrogens with zero attached hydrogens (tertiary/aromatic N) is 7. The van der Waals surface area contributed by atoms with Gasteiger partial charge in [0.05, 0.1) is 25.0 Å². The van der Waals surface area contributed by atoms with Crippen molar-refractivity contribution < 1.29 is 14.0 Å². The quantitative estimate of drug-likeness (QED) is 0.607. The number of hydrogen-bond acceptors (Lipinski definition) is 10. The summed E-state index contributed by atoms with van der Waals surface area (Å²) in [6, 6.07) is 0. The van der Waals surface area contributed by atoms with Gasteiger partial charge in [-0.2, -0.15) is 4.98 Å². The van der Waals surface area contributed by atoms with Gasteiger partial charge >= 0.3 is 5.76 Å². The molecule has 4 aliphatic rings. The van der Waals surface area contributed by atoms with Gasteiger partial charge in [-0.05, 0) is 19.8 Å². The van der Waals surface area contributed by atoms with Crippen LogP contribution in [0.25, 0.3) is 22.8 Å². The highest BCUT2D eigenvalue weighted by Crippen LogP contribution is 2.44. The van der Waals surface area contributed by atoms with E-state index in [4.69, 9.17) is 28.9 Å². The van der Waals surface area contributed by atoms with E-state index in [1.807, 2.05) is 0 Å². The number of aromatic amines is 1. The number of ether oxygens (including phenoxy) is 2. The molecule has 0 spiro atoms. The number of allylic oxidation sites excluding steroid dienone is 2. The fourth-order valence-electron chi connectivity index (χ4n) is 5.55. The normalized spacial score (nSPS) is 24.6. The minimum absolute atomic E-state index is 0.0810. The van der Waals surface area contributed by atoms with E-state index in [0.29, 0.717) is 37.9 Å². The molecule has 0 amide bonds. The molecule has 7 rings (SSSR count). The van der Waals surface area contributed by atoms with Gasteiger partial charge < -0.3 is 23.8 Å². The number of hydrogen-bond donors (Lipinski definition) is 1. The molecule has 0 aromatic carbocycles. The number of morpholine rings is 1. The molecule has 0 bridgehead atoms. The maximum atomic E-state index is 11.6. The average molecular weight is 452 g/mol. The summed E-state index contributed by atoms with van der Waals surface area (Å²) >= 11 is 0. The summed E-state index contributed by atoms with van der Waals surface area (Å²) in [6.07, 6.45) is 3.33. The maximum absolute atomic E-state index is 11.6. The Labute approximate surface area is 188 Å². The van der Waals surface area contributed by atoms with Crippen LogP contribution in [0.5, 0.6) is 0 Å². The van der Waals surface area contributed by atoms with Crippen LogP contribution in [-0.4, -0.2) is 68.6 Å². The van der Waals surface area contributed by atoms with Gasteiger partial charge in [0.2, 0.25) is 17.6 Å². The third-order valence-electron chi connectivity index (χ3n) is 6.91. The standard InChI is InChI=1S/C21H24N8O4/c1-11-9-27(5-7-31-11)19-15-16(22-17(23-19)18-25-21(30)33-26-18)24-20-28-6-8-32-13-4-2-3-12(14(13)28)10-29(15)20/h11-12H,2-10H2,1H3,(H,25,26,30)/t11?,12-/m0/s1. The van der Waals surface area contributed by atoms with Gasteiger partial charge in [-0.15, -0.1) is 0 Å². The third kappa shape index (κ3) is 2.89. The van der Waals surface area contributed by atoms with E-state index in [9.17, 15) is 4.79 Å². The van der Waals surface area contributed by atoms with Crippen LogP contribution >= 0.6 is 0 Å². The summed E-state index contributed by atoms with van der Waals surface area (Å²) < 4.78 is 18.8. The lowest BCUT2D eigenvalue weighted by Gasteiger charge is -2.43. The van der Waals surface area contributed by atoms with Gasteiger partial charge in [0.15, 0.2) is 11.5 Å². The molecule has 1 N–H and O–H groups in total. The molecule has 3 aromatic rings. The van der Waals surface area contributed by atoms with E-state index in [-0.39, 0.29) is 17.8 Å². The number of imidazole rings is 1. The van der Waals surface area contributed by atoms with Gasteiger partial charge in [-0.1, -0.05) is 5.16 Å². The second kappa shape index (κ2) is 7.04. The molecule has 1 fully saturated rings. The zero-order chi connectivity index (χ0) is 22.1. The van der Waals surface area contributed by atoms with Crippen molar-refractivity contribution >= 4 is 22.9 Å². The van der Waals surface area contributed by atoms with Crippen LogP contribution in [0.4, 0.5) is 11.8 Å². The predicted molar refractivity (Wildman–Crippen MR) is 117 cm³/mol. The van der Waals surface area contributed by atoms with E-state index in [0.717, 1.165) is 55.4 Å². The second-order valence-electron chi connectivity index (χ2n) is 9.03. The Morgan fingerprint density at radius 1 is 1.12 bits per heavy atom. The largest absolute Gasteiger partial charge is 0.494 e. The van der Waals surface area contributed by atoms with Gasteiger partial charge in [-0.25, -0.2) is 14.8 Å². The predicted octanol–water partition coefficient (Wildman–Crippen LogP) is 1.26. The Hall–Kier alpha value is -3.41. The zero-order valence-electron chi connectivity index (χ0n) is 18.3. The van der Waals surface area contributed by atoms with E-state index < -0.39 is 5.76 Å². The summed E-state index contributed by atoms with van der Waals surface area (Å²) in [6.45, 7) is 6.33. The monoisotopic (exact) mass is 452 g/mol. The maximum Gasteiger partial charge on any atom is 0.439 e. The molecule has 1 aliphatic carbocycles.